The predicted octanol–water partition coefficient (Wildman–Crippen LogP) is 0.0525. The minimum atomic E-state index is -1.29. The fourth-order valence-electron chi connectivity index (χ4n) is 1.23. The molecule has 0 saturated carbocycles. The van der Waals surface area contributed by atoms with Gasteiger partial charge in [0.15, 0.2) is 0 Å². The summed E-state index contributed by atoms with van der Waals surface area (Å²) in [7, 11) is 0. The van der Waals surface area contributed by atoms with Gasteiger partial charge < -0.3 is 15.2 Å². The van der Waals surface area contributed by atoms with E-state index in [0.717, 1.165) is 19.4 Å². The number of amides is 1. The Hall–Kier alpha value is -0.610. The summed E-state index contributed by atoms with van der Waals surface area (Å²) in [6, 6.07) is 0. The largest absolute Gasteiger partial charge is 0.381 e. The molecule has 0 aromatic carbocycles. The van der Waals surface area contributed by atoms with Crippen molar-refractivity contribution in [1.29, 1.82) is 0 Å². The summed E-state index contributed by atoms with van der Waals surface area (Å²) in [5.74, 6) is -0.344. The first-order chi connectivity index (χ1) is 6.00. The van der Waals surface area contributed by atoms with Crippen LogP contribution in [0.5, 0.6) is 0 Å². The molecule has 0 aliphatic carbocycles. The molecular weight excluding hydrogens is 170 g/mol. The molecule has 1 aliphatic rings. The lowest BCUT2D eigenvalue weighted by atomic mass is 10.1. The van der Waals surface area contributed by atoms with Crippen molar-refractivity contribution in [1.82, 2.24) is 5.32 Å². The van der Waals surface area contributed by atoms with Crippen LogP contribution in [0.1, 0.15) is 26.7 Å². The van der Waals surface area contributed by atoms with Gasteiger partial charge in [-0.15, -0.1) is 0 Å². The summed E-state index contributed by atoms with van der Waals surface area (Å²) in [6.07, 6.45) is 2.18. The van der Waals surface area contributed by atoms with Crippen molar-refractivity contribution in [2.75, 3.05) is 13.2 Å². The molecule has 0 bridgehead atoms. The van der Waals surface area contributed by atoms with E-state index in [1.165, 1.54) is 13.8 Å². The molecule has 0 aromatic rings. The average Bonchev–Trinajstić information content (AvgIpc) is 2.50. The van der Waals surface area contributed by atoms with Gasteiger partial charge in [-0.1, -0.05) is 0 Å². The van der Waals surface area contributed by atoms with Crippen LogP contribution in [-0.4, -0.2) is 35.9 Å². The molecule has 0 aromatic heterocycles. The van der Waals surface area contributed by atoms with Gasteiger partial charge in [-0.2, -0.15) is 0 Å². The summed E-state index contributed by atoms with van der Waals surface area (Å²) >= 11 is 0. The number of nitrogens with one attached hydrogen (secondary N) is 1. The second kappa shape index (κ2) is 4.07. The maximum atomic E-state index is 11.2. The van der Waals surface area contributed by atoms with E-state index in [-0.39, 0.29) is 12.0 Å². The molecule has 1 amide bonds. The Balaban J connectivity index is 2.22. The van der Waals surface area contributed by atoms with Gasteiger partial charge in [0.2, 0.25) is 0 Å². The minimum Gasteiger partial charge on any atom is -0.381 e. The number of aliphatic hydroxyl groups is 1. The van der Waals surface area contributed by atoms with Gasteiger partial charge in [-0.25, -0.2) is 0 Å². The Labute approximate surface area is 78.3 Å². The van der Waals surface area contributed by atoms with Crippen molar-refractivity contribution in [2.24, 2.45) is 0 Å². The smallest absolute Gasteiger partial charge is 0.251 e. The quantitative estimate of drug-likeness (QED) is 0.656. The van der Waals surface area contributed by atoms with Gasteiger partial charge >= 0.3 is 0 Å². The van der Waals surface area contributed by atoms with Gasteiger partial charge in [0.25, 0.3) is 5.91 Å². The van der Waals surface area contributed by atoms with Crippen LogP contribution in [0.25, 0.3) is 0 Å². The molecule has 1 rings (SSSR count). The monoisotopic (exact) mass is 187 g/mol. The highest BCUT2D eigenvalue weighted by Crippen LogP contribution is 2.11. The predicted molar refractivity (Wildman–Crippen MR) is 48.3 cm³/mol. The van der Waals surface area contributed by atoms with Crippen LogP contribution in [0, 0.1) is 0 Å². The van der Waals surface area contributed by atoms with E-state index in [4.69, 9.17) is 4.74 Å². The van der Waals surface area contributed by atoms with Crippen molar-refractivity contribution in [3.05, 3.63) is 0 Å². The first-order valence-corrected chi connectivity index (χ1v) is 4.62. The summed E-state index contributed by atoms with van der Waals surface area (Å²) in [5.41, 5.74) is -1.29. The number of carbonyl (C=O) groups excluding carboxylic acids is 1. The molecule has 0 spiro atoms. The van der Waals surface area contributed by atoms with E-state index in [0.29, 0.717) is 6.54 Å². The Kier molecular flexibility index (Phi) is 3.27. The molecule has 1 fully saturated rings. The van der Waals surface area contributed by atoms with Crippen LogP contribution < -0.4 is 5.32 Å². The Morgan fingerprint density at radius 1 is 1.69 bits per heavy atom. The van der Waals surface area contributed by atoms with E-state index < -0.39 is 5.60 Å². The topological polar surface area (TPSA) is 58.6 Å². The Morgan fingerprint density at radius 3 is 2.85 bits per heavy atom. The van der Waals surface area contributed by atoms with Crippen LogP contribution in [0.4, 0.5) is 0 Å². The second-order valence-electron chi connectivity index (χ2n) is 3.90. The molecular formula is C9H17NO3. The van der Waals surface area contributed by atoms with Gasteiger partial charge in [0, 0.05) is 13.2 Å². The van der Waals surface area contributed by atoms with E-state index in [1.807, 2.05) is 0 Å². The van der Waals surface area contributed by atoms with Crippen molar-refractivity contribution in [2.45, 2.75) is 38.4 Å². The summed E-state index contributed by atoms with van der Waals surface area (Å²) < 4.78 is 5.32. The third kappa shape index (κ3) is 3.32. The van der Waals surface area contributed by atoms with Gasteiger partial charge in [0.05, 0.1) is 6.10 Å². The highest BCUT2D eigenvalue weighted by molar-refractivity contribution is 5.83. The zero-order valence-corrected chi connectivity index (χ0v) is 8.17. The number of rotatable bonds is 3. The van der Waals surface area contributed by atoms with Crippen LogP contribution in [0.15, 0.2) is 0 Å². The first-order valence-electron chi connectivity index (χ1n) is 4.62. The van der Waals surface area contributed by atoms with Crippen molar-refractivity contribution < 1.29 is 14.6 Å². The van der Waals surface area contributed by atoms with Gasteiger partial charge in [0.1, 0.15) is 5.60 Å². The summed E-state index contributed by atoms with van der Waals surface area (Å²) in [6.45, 7) is 4.22. The lowest BCUT2D eigenvalue weighted by molar-refractivity contribution is -0.136. The molecule has 0 radical (unpaired) electrons. The number of hydrogen-bond donors (Lipinski definition) is 2. The van der Waals surface area contributed by atoms with E-state index in [9.17, 15) is 9.90 Å². The highest BCUT2D eigenvalue weighted by Gasteiger charge is 2.25. The van der Waals surface area contributed by atoms with Crippen LogP contribution in [0.2, 0.25) is 0 Å². The van der Waals surface area contributed by atoms with Crippen molar-refractivity contribution in [3.63, 3.8) is 0 Å². The van der Waals surface area contributed by atoms with E-state index >= 15 is 0 Å². The molecule has 4 nitrogen and oxygen atoms in total. The third-order valence-corrected chi connectivity index (χ3v) is 2.07. The lowest BCUT2D eigenvalue weighted by Gasteiger charge is -2.18. The van der Waals surface area contributed by atoms with Crippen LogP contribution in [-0.2, 0) is 9.53 Å². The normalized spacial score (nSPS) is 23.2. The maximum Gasteiger partial charge on any atom is 0.251 e. The molecule has 1 aliphatic heterocycles. The zero-order chi connectivity index (χ0) is 9.90. The molecule has 1 unspecified atom stereocenters. The fraction of sp³-hybridized carbons (Fsp3) is 0.889. The number of carbonyl (C=O) groups is 1. The van der Waals surface area contributed by atoms with Crippen LogP contribution in [0.3, 0.4) is 0 Å². The average molecular weight is 187 g/mol. The molecule has 13 heavy (non-hydrogen) atoms. The lowest BCUT2D eigenvalue weighted by Crippen LogP contribution is -2.44. The Morgan fingerprint density at radius 2 is 2.38 bits per heavy atom. The standard InChI is InChI=1S/C9H17NO3/c1-9(2,12)8(11)10-6-7-4-3-5-13-7/h7,12H,3-6H2,1-2H3,(H,10,11). The van der Waals surface area contributed by atoms with Gasteiger partial charge in [-0.05, 0) is 26.7 Å². The number of ether oxygens (including phenoxy) is 1. The molecule has 1 atom stereocenters. The molecule has 2 N–H and O–H groups in total. The van der Waals surface area contributed by atoms with Crippen LogP contribution >= 0.6 is 0 Å². The van der Waals surface area contributed by atoms with E-state index in [2.05, 4.69) is 5.32 Å². The van der Waals surface area contributed by atoms with Crippen molar-refractivity contribution >= 4 is 5.91 Å². The summed E-state index contributed by atoms with van der Waals surface area (Å²) in [4.78, 5) is 11.2. The van der Waals surface area contributed by atoms with Crippen molar-refractivity contribution in [3.8, 4) is 0 Å². The Bertz CT molecular complexity index is 180. The van der Waals surface area contributed by atoms with E-state index in [1.54, 1.807) is 0 Å². The summed E-state index contributed by atoms with van der Waals surface area (Å²) in [5, 5.41) is 12.0. The second-order valence-corrected chi connectivity index (χ2v) is 3.90. The molecule has 76 valence electrons. The maximum absolute atomic E-state index is 11.2. The first kappa shape index (κ1) is 10.5. The molecule has 1 heterocycles. The SMILES string of the molecule is CC(C)(O)C(=O)NCC1CCCO1. The fourth-order valence-corrected chi connectivity index (χ4v) is 1.23. The third-order valence-electron chi connectivity index (χ3n) is 2.07. The molecule has 1 saturated heterocycles. The molecule has 4 heteroatoms. The number of hydrogen-bond acceptors (Lipinski definition) is 3. The zero-order valence-electron chi connectivity index (χ0n) is 8.17. The minimum absolute atomic E-state index is 0.131. The highest BCUT2D eigenvalue weighted by atomic mass is 16.5. The van der Waals surface area contributed by atoms with Gasteiger partial charge in [-0.3, -0.25) is 4.79 Å².